The van der Waals surface area contributed by atoms with E-state index in [1.165, 1.54) is 12.8 Å². The summed E-state index contributed by atoms with van der Waals surface area (Å²) in [7, 11) is 1.67. The molecule has 268 valence electrons. The van der Waals surface area contributed by atoms with E-state index in [9.17, 15) is 19.8 Å². The van der Waals surface area contributed by atoms with Gasteiger partial charge in [0.1, 0.15) is 5.75 Å². The van der Waals surface area contributed by atoms with E-state index in [1.807, 2.05) is 36.4 Å². The number of para-hydroxylation sites is 1. The molecule has 0 spiro atoms. The van der Waals surface area contributed by atoms with Crippen LogP contribution in [0, 0.1) is 46.8 Å². The first-order valence-electron chi connectivity index (χ1n) is 18.9. The Labute approximate surface area is 293 Å². The maximum atomic E-state index is 14.3. The number of carbonyl (C=O) groups excluding carboxylic acids is 2. The zero-order valence-electron chi connectivity index (χ0n) is 30.5. The van der Waals surface area contributed by atoms with Gasteiger partial charge in [-0.05, 0) is 117 Å². The van der Waals surface area contributed by atoms with Gasteiger partial charge in [-0.2, -0.15) is 0 Å². The number of nitrogens with one attached hydrogen (secondary N) is 2. The number of rotatable bonds is 12. The fourth-order valence-corrected chi connectivity index (χ4v) is 10.6. The van der Waals surface area contributed by atoms with E-state index in [2.05, 4.69) is 49.3 Å². The molecule has 5 fully saturated rings. The monoisotopic (exact) mass is 673 g/mol. The average Bonchev–Trinajstić information content (AvgIpc) is 3.71. The molecule has 49 heavy (non-hydrogen) atoms. The van der Waals surface area contributed by atoms with Gasteiger partial charge in [-0.25, -0.2) is 0 Å². The van der Waals surface area contributed by atoms with Crippen LogP contribution >= 0.6 is 0 Å². The summed E-state index contributed by atoms with van der Waals surface area (Å²) in [6.45, 7) is 13.6. The molecule has 1 heterocycles. The van der Waals surface area contributed by atoms with Crippen LogP contribution < -0.4 is 15.4 Å². The molecule has 2 aromatic rings. The second kappa shape index (κ2) is 14.7. The van der Waals surface area contributed by atoms with Gasteiger partial charge in [0.2, 0.25) is 5.91 Å². The fraction of sp³-hybridized carbons (Fsp3) is 0.659. The third-order valence-electron chi connectivity index (χ3n) is 13.5. The van der Waals surface area contributed by atoms with Crippen LogP contribution in [-0.2, 0) is 11.2 Å². The molecule has 4 saturated carbocycles. The SMILES string of the molecule is CCN1CCC[C@H]1CNC(=O)c1cccc(-c2cccc(CC3C[C@@H](CO)[C@@H]([C@H](C)O)[C@H]3C(=O)N[C@H]3C[C@H]4C[C@@H]([C@@H]3C)C4(C)C)c2OC)c1. The average molecular weight is 674 g/mol. The first kappa shape index (κ1) is 35.9. The molecule has 0 radical (unpaired) electrons. The molecular formula is C41H59N3O5. The Kier molecular flexibility index (Phi) is 10.8. The van der Waals surface area contributed by atoms with Crippen LogP contribution in [-0.4, -0.2) is 78.5 Å². The minimum absolute atomic E-state index is 0.0105. The number of benzene rings is 2. The highest BCUT2D eigenvalue weighted by atomic mass is 16.5. The van der Waals surface area contributed by atoms with E-state index < -0.39 is 12.0 Å². The predicted octanol–water partition coefficient (Wildman–Crippen LogP) is 5.55. The zero-order valence-corrected chi connectivity index (χ0v) is 30.5. The third kappa shape index (κ3) is 6.90. The maximum Gasteiger partial charge on any atom is 0.251 e. The van der Waals surface area contributed by atoms with E-state index in [4.69, 9.17) is 4.74 Å². The van der Waals surface area contributed by atoms with Crippen LogP contribution in [0.5, 0.6) is 5.75 Å². The molecule has 2 bridgehead atoms. The molecule has 1 aliphatic heterocycles. The first-order chi connectivity index (χ1) is 23.5. The van der Waals surface area contributed by atoms with Crippen molar-refractivity contribution in [3.05, 3.63) is 53.6 Å². The van der Waals surface area contributed by atoms with Crippen molar-refractivity contribution in [2.45, 2.75) is 91.3 Å². The van der Waals surface area contributed by atoms with Gasteiger partial charge in [0, 0.05) is 48.2 Å². The summed E-state index contributed by atoms with van der Waals surface area (Å²) < 4.78 is 6.07. The number of aliphatic hydroxyl groups is 2. The van der Waals surface area contributed by atoms with Crippen molar-refractivity contribution >= 4 is 11.8 Å². The number of hydrogen-bond acceptors (Lipinski definition) is 6. The number of likely N-dealkylation sites (N-methyl/N-ethyl adjacent to an activating group) is 1. The minimum atomic E-state index is -0.713. The van der Waals surface area contributed by atoms with Gasteiger partial charge in [-0.1, -0.05) is 58.0 Å². The quantitative estimate of drug-likeness (QED) is 0.235. The number of nitrogens with zero attached hydrogens (tertiary/aromatic N) is 1. The Hall–Kier alpha value is -2.94. The lowest BCUT2D eigenvalue weighted by atomic mass is 9.44. The van der Waals surface area contributed by atoms with Crippen LogP contribution in [0.4, 0.5) is 0 Å². The summed E-state index contributed by atoms with van der Waals surface area (Å²) in [6, 6.07) is 14.3. The topological polar surface area (TPSA) is 111 Å². The number of fused-ring (bicyclic) bond motifs is 2. The smallest absolute Gasteiger partial charge is 0.251 e. The largest absolute Gasteiger partial charge is 0.496 e. The van der Waals surface area contributed by atoms with Crippen molar-refractivity contribution in [3.8, 4) is 16.9 Å². The number of hydrogen-bond donors (Lipinski definition) is 4. The van der Waals surface area contributed by atoms with Crippen LogP contribution in [0.25, 0.3) is 11.1 Å². The molecule has 4 aliphatic carbocycles. The molecule has 8 heteroatoms. The van der Waals surface area contributed by atoms with Crippen LogP contribution in [0.2, 0.25) is 0 Å². The number of methoxy groups -OCH3 is 1. The molecule has 2 amide bonds. The number of amides is 2. The number of carbonyl (C=O) groups is 2. The van der Waals surface area contributed by atoms with E-state index in [-0.39, 0.29) is 42.2 Å². The van der Waals surface area contributed by atoms with Crippen LogP contribution in [0.15, 0.2) is 42.5 Å². The van der Waals surface area contributed by atoms with E-state index in [1.54, 1.807) is 14.0 Å². The van der Waals surface area contributed by atoms with Gasteiger partial charge in [0.05, 0.1) is 13.2 Å². The Morgan fingerprint density at radius 2 is 1.88 bits per heavy atom. The minimum Gasteiger partial charge on any atom is -0.496 e. The lowest BCUT2D eigenvalue weighted by molar-refractivity contribution is -0.140. The molecule has 5 aliphatic rings. The van der Waals surface area contributed by atoms with Crippen molar-refractivity contribution in [2.24, 2.45) is 46.8 Å². The first-order valence-corrected chi connectivity index (χ1v) is 18.9. The standard InChI is InChI=1S/C41H59N3O5/c1-7-44-16-10-14-32(44)22-42-39(47)28-13-8-11-26(17-28)33-15-9-12-27(38(33)49-6)18-29-19-30(23-45)36(25(3)46)37(29)40(48)43-35-21-31-20-34(24(35)2)41(31,4)5/h8-9,11-13,15,17,24-25,29-32,34-37,45-46H,7,10,14,16,18-23H2,1-6H3,(H,42,47)(H,43,48)/t24-,25-,29?,30-,31+,32-,34-,35-,36+,37-/m0/s1. The Morgan fingerprint density at radius 3 is 2.55 bits per heavy atom. The normalized spacial score (nSPS) is 32.7. The Balaban J connectivity index is 1.21. The van der Waals surface area contributed by atoms with Gasteiger partial charge >= 0.3 is 0 Å². The Bertz CT molecular complexity index is 1490. The summed E-state index contributed by atoms with van der Waals surface area (Å²) in [4.78, 5) is 29.9. The van der Waals surface area contributed by atoms with Gasteiger partial charge in [0.25, 0.3) is 5.91 Å². The zero-order chi connectivity index (χ0) is 35.0. The van der Waals surface area contributed by atoms with Crippen molar-refractivity contribution in [2.75, 3.05) is 33.4 Å². The van der Waals surface area contributed by atoms with Crippen molar-refractivity contribution in [3.63, 3.8) is 0 Å². The van der Waals surface area contributed by atoms with Crippen molar-refractivity contribution in [1.29, 1.82) is 0 Å². The summed E-state index contributed by atoms with van der Waals surface area (Å²) in [6.07, 6.45) is 5.06. The molecule has 7 rings (SSSR count). The molecule has 1 unspecified atom stereocenters. The highest BCUT2D eigenvalue weighted by Gasteiger charge is 2.57. The number of likely N-dealkylation sites (tertiary alicyclic amines) is 1. The lowest BCUT2D eigenvalue weighted by Crippen LogP contribution is -2.61. The summed E-state index contributed by atoms with van der Waals surface area (Å²) in [5, 5.41) is 28.0. The number of ether oxygens (including phenoxy) is 1. The summed E-state index contributed by atoms with van der Waals surface area (Å²) >= 11 is 0. The molecule has 0 aromatic heterocycles. The summed E-state index contributed by atoms with van der Waals surface area (Å²) in [5.74, 6) is 1.35. The second-order valence-corrected chi connectivity index (χ2v) is 16.3. The van der Waals surface area contributed by atoms with Gasteiger partial charge in [-0.3, -0.25) is 14.5 Å². The lowest BCUT2D eigenvalue weighted by Gasteiger charge is -2.62. The number of aliphatic hydroxyl groups excluding tert-OH is 2. The van der Waals surface area contributed by atoms with Crippen LogP contribution in [0.1, 0.15) is 82.6 Å². The van der Waals surface area contributed by atoms with E-state index in [0.29, 0.717) is 54.2 Å². The van der Waals surface area contributed by atoms with Gasteiger partial charge < -0.3 is 25.6 Å². The van der Waals surface area contributed by atoms with Gasteiger partial charge in [0.15, 0.2) is 0 Å². The Morgan fingerprint density at radius 1 is 1.10 bits per heavy atom. The molecular weight excluding hydrogens is 614 g/mol. The van der Waals surface area contributed by atoms with Crippen molar-refractivity contribution in [1.82, 2.24) is 15.5 Å². The highest BCUT2D eigenvalue weighted by molar-refractivity contribution is 5.95. The van der Waals surface area contributed by atoms with E-state index in [0.717, 1.165) is 48.4 Å². The second-order valence-electron chi connectivity index (χ2n) is 16.3. The van der Waals surface area contributed by atoms with Crippen LogP contribution in [0.3, 0.4) is 0 Å². The fourth-order valence-electron chi connectivity index (χ4n) is 10.6. The molecule has 2 aromatic carbocycles. The molecule has 8 nitrogen and oxygen atoms in total. The van der Waals surface area contributed by atoms with Gasteiger partial charge in [-0.15, -0.1) is 0 Å². The highest BCUT2D eigenvalue weighted by Crippen LogP contribution is 2.61. The third-order valence-corrected chi connectivity index (χ3v) is 13.5. The maximum absolute atomic E-state index is 14.3. The molecule has 10 atom stereocenters. The summed E-state index contributed by atoms with van der Waals surface area (Å²) in [5.41, 5.74) is 3.71. The van der Waals surface area contributed by atoms with Crippen molar-refractivity contribution < 1.29 is 24.5 Å². The molecule has 1 saturated heterocycles. The van der Waals surface area contributed by atoms with E-state index >= 15 is 0 Å². The molecule has 4 N–H and O–H groups in total. The predicted molar refractivity (Wildman–Crippen MR) is 193 cm³/mol.